The minimum atomic E-state index is -0.299. The lowest BCUT2D eigenvalue weighted by molar-refractivity contribution is -0.0946. The Labute approximate surface area is 308 Å². The van der Waals surface area contributed by atoms with Gasteiger partial charge in [-0.05, 0) is 135 Å². The first-order valence-electron chi connectivity index (χ1n) is 18.9. The number of hydrogen-bond acceptors (Lipinski definition) is 8. The quantitative estimate of drug-likeness (QED) is 0.0669. The SMILES string of the molecule is CC(OCC1CCC(COC(C)Oc2ccc(Cc3ccc(OCC4CO4)cc3)cc2)CC1)Oc1ccc(Cc2ccc(OCC3CO3)cc2)cc1. The Hall–Kier alpha value is -4.08. The van der Waals surface area contributed by atoms with E-state index in [1.807, 2.05) is 62.4 Å². The van der Waals surface area contributed by atoms with Gasteiger partial charge >= 0.3 is 0 Å². The van der Waals surface area contributed by atoms with Crippen LogP contribution in [0.3, 0.4) is 0 Å². The van der Waals surface area contributed by atoms with Crippen molar-refractivity contribution in [1.29, 1.82) is 0 Å². The molecule has 1 saturated carbocycles. The van der Waals surface area contributed by atoms with E-state index in [9.17, 15) is 0 Å². The third-order valence-electron chi connectivity index (χ3n) is 9.89. The lowest BCUT2D eigenvalue weighted by Gasteiger charge is -2.29. The van der Waals surface area contributed by atoms with E-state index in [1.165, 1.54) is 22.3 Å². The lowest BCUT2D eigenvalue weighted by Crippen LogP contribution is -2.27. The fourth-order valence-corrected chi connectivity index (χ4v) is 6.52. The van der Waals surface area contributed by atoms with E-state index < -0.39 is 0 Å². The van der Waals surface area contributed by atoms with Crippen molar-refractivity contribution < 1.29 is 37.9 Å². The van der Waals surface area contributed by atoms with Crippen molar-refractivity contribution in [2.45, 2.75) is 77.2 Å². The van der Waals surface area contributed by atoms with E-state index >= 15 is 0 Å². The molecule has 4 unspecified atom stereocenters. The standard InChI is InChI=1S/C44H52O8/c1-31(51-41-19-11-35(12-20-41)23-33-7-15-39(16-8-33)47-27-43-29-49-43)45-25-37-3-5-38(6-4-37)26-46-32(2)52-42-21-13-36(14-22-42)24-34-9-17-40(18-10-34)48-28-44-30-50-44/h7-22,31-32,37-38,43-44H,3-6,23-30H2,1-2H3. The number of rotatable bonds is 20. The van der Waals surface area contributed by atoms with Crippen LogP contribution in [0.4, 0.5) is 0 Å². The van der Waals surface area contributed by atoms with Crippen LogP contribution in [0.2, 0.25) is 0 Å². The summed E-state index contributed by atoms with van der Waals surface area (Å²) in [5.41, 5.74) is 4.95. The average Bonchev–Trinajstić information content (AvgIpc) is 4.11. The van der Waals surface area contributed by atoms with Gasteiger partial charge in [0.2, 0.25) is 0 Å². The fraction of sp³-hybridized carbons (Fsp3) is 0.455. The Bertz CT molecular complexity index is 1500. The zero-order valence-corrected chi connectivity index (χ0v) is 30.5. The molecular weight excluding hydrogens is 656 g/mol. The molecule has 7 rings (SSSR count). The van der Waals surface area contributed by atoms with Gasteiger partial charge in [-0.3, -0.25) is 0 Å². The summed E-state index contributed by atoms with van der Waals surface area (Å²) in [6.45, 7) is 8.24. The number of epoxide rings is 2. The van der Waals surface area contributed by atoms with Gasteiger partial charge in [-0.25, -0.2) is 0 Å². The van der Waals surface area contributed by atoms with Crippen LogP contribution in [0, 0.1) is 11.8 Å². The van der Waals surface area contributed by atoms with Crippen molar-refractivity contribution in [3.8, 4) is 23.0 Å². The molecule has 3 aliphatic rings. The summed E-state index contributed by atoms with van der Waals surface area (Å²) in [5, 5.41) is 0. The topological polar surface area (TPSA) is 80.4 Å². The van der Waals surface area contributed by atoms with Crippen molar-refractivity contribution in [3.05, 3.63) is 119 Å². The molecule has 0 bridgehead atoms. The Morgan fingerprint density at radius 1 is 0.462 bits per heavy atom. The third kappa shape index (κ3) is 12.0. The summed E-state index contributed by atoms with van der Waals surface area (Å²) in [5.74, 6) is 4.50. The van der Waals surface area contributed by atoms with Crippen LogP contribution in [0.1, 0.15) is 61.8 Å². The van der Waals surface area contributed by atoms with E-state index in [0.29, 0.717) is 38.3 Å². The number of ether oxygens (including phenoxy) is 8. The van der Waals surface area contributed by atoms with Gasteiger partial charge in [0.1, 0.15) is 48.4 Å². The fourth-order valence-electron chi connectivity index (χ4n) is 6.52. The van der Waals surface area contributed by atoms with E-state index in [-0.39, 0.29) is 24.8 Å². The van der Waals surface area contributed by atoms with Crippen LogP contribution >= 0.6 is 0 Å². The molecule has 8 nitrogen and oxygen atoms in total. The summed E-state index contributed by atoms with van der Waals surface area (Å²) < 4.78 is 46.3. The van der Waals surface area contributed by atoms with Gasteiger partial charge in [-0.15, -0.1) is 0 Å². The van der Waals surface area contributed by atoms with Gasteiger partial charge in [0.05, 0.1) is 26.4 Å². The van der Waals surface area contributed by atoms with Crippen LogP contribution in [0.15, 0.2) is 97.1 Å². The molecule has 2 aliphatic heterocycles. The van der Waals surface area contributed by atoms with Gasteiger partial charge in [-0.1, -0.05) is 48.5 Å². The largest absolute Gasteiger partial charge is 0.491 e. The maximum atomic E-state index is 6.12. The third-order valence-corrected chi connectivity index (χ3v) is 9.89. The Morgan fingerprint density at radius 3 is 1.08 bits per heavy atom. The van der Waals surface area contributed by atoms with E-state index in [0.717, 1.165) is 74.7 Å². The highest BCUT2D eigenvalue weighted by Gasteiger charge is 2.25. The highest BCUT2D eigenvalue weighted by atomic mass is 16.7. The van der Waals surface area contributed by atoms with Gasteiger partial charge in [-0.2, -0.15) is 0 Å². The Kier molecular flexibility index (Phi) is 12.6. The Balaban J connectivity index is 0.739. The maximum absolute atomic E-state index is 6.12. The van der Waals surface area contributed by atoms with Gasteiger partial charge in [0, 0.05) is 0 Å². The summed E-state index contributed by atoms with van der Waals surface area (Å²) in [6, 6.07) is 33.1. The number of hydrogen-bond donors (Lipinski definition) is 0. The molecule has 4 aromatic rings. The van der Waals surface area contributed by atoms with Crippen molar-refractivity contribution in [2.24, 2.45) is 11.8 Å². The van der Waals surface area contributed by atoms with E-state index in [4.69, 9.17) is 37.9 Å². The second kappa shape index (κ2) is 18.1. The van der Waals surface area contributed by atoms with Crippen LogP contribution in [0.25, 0.3) is 0 Å². The minimum Gasteiger partial charge on any atom is -0.491 e. The molecule has 0 spiro atoms. The van der Waals surface area contributed by atoms with E-state index in [2.05, 4.69) is 48.5 Å². The minimum absolute atomic E-state index is 0.266. The summed E-state index contributed by atoms with van der Waals surface area (Å²) in [4.78, 5) is 0. The lowest BCUT2D eigenvalue weighted by atomic mass is 9.83. The molecule has 0 amide bonds. The summed E-state index contributed by atoms with van der Waals surface area (Å²) >= 11 is 0. The molecule has 1 aliphatic carbocycles. The molecule has 276 valence electrons. The predicted octanol–water partition coefficient (Wildman–Crippen LogP) is 8.41. The van der Waals surface area contributed by atoms with Crippen LogP contribution in [-0.2, 0) is 31.8 Å². The number of benzene rings is 4. The molecule has 0 N–H and O–H groups in total. The second-order valence-corrected chi connectivity index (χ2v) is 14.4. The molecule has 4 aromatic carbocycles. The van der Waals surface area contributed by atoms with Crippen molar-refractivity contribution in [3.63, 3.8) is 0 Å². The maximum Gasteiger partial charge on any atom is 0.196 e. The highest BCUT2D eigenvalue weighted by molar-refractivity contribution is 5.35. The highest BCUT2D eigenvalue weighted by Crippen LogP contribution is 2.30. The van der Waals surface area contributed by atoms with Gasteiger partial charge < -0.3 is 37.9 Å². The second-order valence-electron chi connectivity index (χ2n) is 14.4. The molecule has 0 aromatic heterocycles. The average molecular weight is 709 g/mol. The molecular formula is C44H52O8. The van der Waals surface area contributed by atoms with Crippen molar-refractivity contribution in [2.75, 3.05) is 39.6 Å². The van der Waals surface area contributed by atoms with Crippen molar-refractivity contribution in [1.82, 2.24) is 0 Å². The van der Waals surface area contributed by atoms with Gasteiger partial charge in [0.15, 0.2) is 12.6 Å². The first-order chi connectivity index (χ1) is 25.5. The monoisotopic (exact) mass is 708 g/mol. The van der Waals surface area contributed by atoms with E-state index in [1.54, 1.807) is 0 Å². The van der Waals surface area contributed by atoms with Crippen LogP contribution < -0.4 is 18.9 Å². The first kappa shape index (κ1) is 36.3. The smallest absolute Gasteiger partial charge is 0.196 e. The molecule has 3 fully saturated rings. The zero-order valence-electron chi connectivity index (χ0n) is 30.5. The van der Waals surface area contributed by atoms with Crippen molar-refractivity contribution >= 4 is 0 Å². The Morgan fingerprint density at radius 2 is 0.769 bits per heavy atom. The zero-order chi connectivity index (χ0) is 35.5. The summed E-state index contributed by atoms with van der Waals surface area (Å²) in [6.07, 6.45) is 6.20. The molecule has 2 heterocycles. The predicted molar refractivity (Wildman–Crippen MR) is 199 cm³/mol. The normalized spacial score (nSPS) is 21.9. The molecule has 0 radical (unpaired) electrons. The molecule has 2 saturated heterocycles. The van der Waals surface area contributed by atoms with Crippen LogP contribution in [-0.4, -0.2) is 64.4 Å². The molecule has 4 atom stereocenters. The molecule has 8 heteroatoms. The summed E-state index contributed by atoms with van der Waals surface area (Å²) in [7, 11) is 0. The van der Waals surface area contributed by atoms with Crippen LogP contribution in [0.5, 0.6) is 23.0 Å². The van der Waals surface area contributed by atoms with Gasteiger partial charge in [0.25, 0.3) is 0 Å². The first-order valence-corrected chi connectivity index (χ1v) is 18.9. The molecule has 52 heavy (non-hydrogen) atoms.